The van der Waals surface area contributed by atoms with Crippen LogP contribution in [0, 0.1) is 0 Å². The second-order valence-electron chi connectivity index (χ2n) is 4.60. The third-order valence-electron chi connectivity index (χ3n) is 3.05. The molecule has 1 aliphatic rings. The summed E-state index contributed by atoms with van der Waals surface area (Å²) in [5.74, 6) is 0.819. The molecule has 1 amide bonds. The lowest BCUT2D eigenvalue weighted by Gasteiger charge is -2.33. The topological polar surface area (TPSA) is 70.5 Å². The van der Waals surface area contributed by atoms with Crippen molar-refractivity contribution < 1.29 is 14.7 Å². The van der Waals surface area contributed by atoms with Crippen molar-refractivity contribution in [3.63, 3.8) is 0 Å². The number of amides is 1. The first-order valence-corrected chi connectivity index (χ1v) is 7.48. The highest BCUT2D eigenvalue weighted by atomic mass is 32.2. The third-order valence-corrected chi connectivity index (χ3v) is 4.24. The van der Waals surface area contributed by atoms with E-state index in [1.807, 2.05) is 23.6 Å². The molecule has 1 aliphatic heterocycles. The van der Waals surface area contributed by atoms with Crippen molar-refractivity contribution in [1.82, 2.24) is 9.88 Å². The summed E-state index contributed by atoms with van der Waals surface area (Å²) < 4.78 is 0. The van der Waals surface area contributed by atoms with Crippen LogP contribution in [-0.2, 0) is 4.79 Å². The Hall–Kier alpha value is -1.82. The van der Waals surface area contributed by atoms with Crippen LogP contribution in [0.25, 0.3) is 6.08 Å². The van der Waals surface area contributed by atoms with Crippen molar-refractivity contribution >= 4 is 29.7 Å². The molecule has 0 spiro atoms. The molecule has 0 saturated carbocycles. The van der Waals surface area contributed by atoms with E-state index in [1.165, 1.54) is 18.5 Å². The van der Waals surface area contributed by atoms with Crippen LogP contribution in [0.1, 0.15) is 22.8 Å². The number of carbonyl (C=O) groups excluding carboxylic acids is 1. The molecule has 0 radical (unpaired) electrons. The lowest BCUT2D eigenvalue weighted by molar-refractivity contribution is -0.131. The molecule has 0 bridgehead atoms. The van der Waals surface area contributed by atoms with Crippen molar-refractivity contribution in [2.24, 2.45) is 0 Å². The molecule has 0 aromatic carbocycles. The maximum absolute atomic E-state index is 12.4. The Balaban J connectivity index is 2.17. The van der Waals surface area contributed by atoms with Gasteiger partial charge in [-0.3, -0.25) is 9.78 Å². The van der Waals surface area contributed by atoms with E-state index in [9.17, 15) is 9.59 Å². The highest BCUT2D eigenvalue weighted by Gasteiger charge is 2.24. The summed E-state index contributed by atoms with van der Waals surface area (Å²) in [7, 11) is 0. The van der Waals surface area contributed by atoms with Crippen molar-refractivity contribution in [2.75, 3.05) is 18.1 Å². The summed E-state index contributed by atoms with van der Waals surface area (Å²) in [6, 6.07) is 1.88. The standard InChI is InChI=1S/C14H16N2O3S/c1-10-9-20-5-4-16(10)14(19)12-6-11(7-15-8-12)2-3-13(17)18/h2-3,6-8,10H,4-5,9H2,1H3,(H,17,18). The zero-order valence-corrected chi connectivity index (χ0v) is 12.0. The first kappa shape index (κ1) is 14.6. The molecule has 2 heterocycles. The lowest BCUT2D eigenvalue weighted by Crippen LogP contribution is -2.44. The first-order chi connectivity index (χ1) is 9.58. The van der Waals surface area contributed by atoms with Gasteiger partial charge >= 0.3 is 5.97 Å². The predicted octanol–water partition coefficient (Wildman–Crippen LogP) is 1.76. The molecule has 1 aromatic heterocycles. The average Bonchev–Trinajstić information content (AvgIpc) is 2.45. The Labute approximate surface area is 121 Å². The Morgan fingerprint density at radius 3 is 3.00 bits per heavy atom. The summed E-state index contributed by atoms with van der Waals surface area (Å²) in [5.41, 5.74) is 1.11. The van der Waals surface area contributed by atoms with Crippen LogP contribution >= 0.6 is 11.8 Å². The maximum Gasteiger partial charge on any atom is 0.328 e. The fourth-order valence-corrected chi connectivity index (χ4v) is 3.04. The van der Waals surface area contributed by atoms with Gasteiger partial charge in [-0.2, -0.15) is 11.8 Å². The van der Waals surface area contributed by atoms with Gasteiger partial charge in [0.25, 0.3) is 5.91 Å². The van der Waals surface area contributed by atoms with Gasteiger partial charge in [-0.25, -0.2) is 4.79 Å². The number of aliphatic carboxylic acids is 1. The zero-order valence-electron chi connectivity index (χ0n) is 11.2. The number of rotatable bonds is 3. The molecule has 6 heteroatoms. The van der Waals surface area contributed by atoms with Gasteiger partial charge in [0.1, 0.15) is 0 Å². The Kier molecular flexibility index (Phi) is 4.79. The van der Waals surface area contributed by atoms with Gasteiger partial charge in [0.15, 0.2) is 0 Å². The summed E-state index contributed by atoms with van der Waals surface area (Å²) >= 11 is 1.85. The van der Waals surface area contributed by atoms with Gasteiger partial charge in [0, 0.05) is 42.6 Å². The van der Waals surface area contributed by atoms with Crippen LogP contribution in [-0.4, -0.2) is 51.0 Å². The highest BCUT2D eigenvalue weighted by Crippen LogP contribution is 2.19. The van der Waals surface area contributed by atoms with E-state index < -0.39 is 5.97 Å². The number of pyridine rings is 1. The van der Waals surface area contributed by atoms with E-state index >= 15 is 0 Å². The molecular weight excluding hydrogens is 276 g/mol. The second-order valence-corrected chi connectivity index (χ2v) is 5.75. The minimum Gasteiger partial charge on any atom is -0.478 e. The van der Waals surface area contributed by atoms with Gasteiger partial charge in [0.2, 0.25) is 0 Å². The summed E-state index contributed by atoms with van der Waals surface area (Å²) in [6.07, 6.45) is 5.52. The normalized spacial score (nSPS) is 19.2. The average molecular weight is 292 g/mol. The van der Waals surface area contributed by atoms with Crippen molar-refractivity contribution in [3.8, 4) is 0 Å². The number of carboxylic acids is 1. The smallest absolute Gasteiger partial charge is 0.328 e. The Morgan fingerprint density at radius 1 is 1.50 bits per heavy atom. The zero-order chi connectivity index (χ0) is 14.5. The van der Waals surface area contributed by atoms with Gasteiger partial charge in [-0.15, -0.1) is 0 Å². The van der Waals surface area contributed by atoms with Gasteiger partial charge < -0.3 is 10.0 Å². The van der Waals surface area contributed by atoms with Crippen LogP contribution < -0.4 is 0 Å². The molecule has 0 aliphatic carbocycles. The summed E-state index contributed by atoms with van der Waals surface area (Å²) in [4.78, 5) is 28.8. The van der Waals surface area contributed by atoms with E-state index in [-0.39, 0.29) is 11.9 Å². The molecule has 106 valence electrons. The number of nitrogens with zero attached hydrogens (tertiary/aromatic N) is 2. The van der Waals surface area contributed by atoms with Gasteiger partial charge in [-0.05, 0) is 24.6 Å². The fourth-order valence-electron chi connectivity index (χ4n) is 2.03. The molecular formula is C14H16N2O3S. The number of hydrogen-bond acceptors (Lipinski definition) is 4. The molecule has 1 aromatic rings. The quantitative estimate of drug-likeness (QED) is 0.860. The van der Waals surface area contributed by atoms with Crippen LogP contribution in [0.3, 0.4) is 0 Å². The van der Waals surface area contributed by atoms with Crippen LogP contribution in [0.15, 0.2) is 24.5 Å². The summed E-state index contributed by atoms with van der Waals surface area (Å²) in [5, 5.41) is 8.61. The molecule has 1 saturated heterocycles. The molecule has 1 atom stereocenters. The van der Waals surface area contributed by atoms with E-state index in [1.54, 1.807) is 6.07 Å². The van der Waals surface area contributed by atoms with E-state index in [0.717, 1.165) is 24.1 Å². The van der Waals surface area contributed by atoms with Crippen LogP contribution in [0.5, 0.6) is 0 Å². The van der Waals surface area contributed by atoms with E-state index in [2.05, 4.69) is 4.98 Å². The monoisotopic (exact) mass is 292 g/mol. The number of carboxylic acid groups (broad SMARTS) is 1. The van der Waals surface area contributed by atoms with Crippen molar-refractivity contribution in [1.29, 1.82) is 0 Å². The van der Waals surface area contributed by atoms with Crippen LogP contribution in [0.4, 0.5) is 0 Å². The van der Waals surface area contributed by atoms with Gasteiger partial charge in [0.05, 0.1) is 5.56 Å². The number of aromatic nitrogens is 1. The molecule has 2 rings (SSSR count). The minimum absolute atomic E-state index is 0.0455. The first-order valence-electron chi connectivity index (χ1n) is 6.32. The number of thioether (sulfide) groups is 1. The molecule has 5 nitrogen and oxygen atoms in total. The second kappa shape index (κ2) is 6.56. The van der Waals surface area contributed by atoms with Crippen LogP contribution in [0.2, 0.25) is 0 Å². The Bertz CT molecular complexity index is 545. The fraction of sp³-hybridized carbons (Fsp3) is 0.357. The number of hydrogen-bond donors (Lipinski definition) is 1. The predicted molar refractivity (Wildman–Crippen MR) is 78.7 cm³/mol. The SMILES string of the molecule is CC1CSCCN1C(=O)c1cncc(C=CC(=O)O)c1. The third kappa shape index (κ3) is 3.60. The minimum atomic E-state index is -1.02. The van der Waals surface area contributed by atoms with Crippen molar-refractivity contribution in [3.05, 3.63) is 35.7 Å². The molecule has 1 N–H and O–H groups in total. The molecule has 1 unspecified atom stereocenters. The van der Waals surface area contributed by atoms with E-state index in [4.69, 9.17) is 5.11 Å². The number of carbonyl (C=O) groups is 2. The summed E-state index contributed by atoms with van der Waals surface area (Å²) in [6.45, 7) is 2.77. The maximum atomic E-state index is 12.4. The Morgan fingerprint density at radius 2 is 2.30 bits per heavy atom. The largest absolute Gasteiger partial charge is 0.478 e. The molecule has 1 fully saturated rings. The van der Waals surface area contributed by atoms with Gasteiger partial charge in [-0.1, -0.05) is 0 Å². The van der Waals surface area contributed by atoms with E-state index in [0.29, 0.717) is 11.1 Å². The lowest BCUT2D eigenvalue weighted by atomic mass is 10.1. The molecule has 20 heavy (non-hydrogen) atoms. The highest BCUT2D eigenvalue weighted by molar-refractivity contribution is 7.99. The van der Waals surface area contributed by atoms with Crippen molar-refractivity contribution in [2.45, 2.75) is 13.0 Å².